The molecule has 2 rings (SSSR count). The van der Waals surface area contributed by atoms with Gasteiger partial charge in [0.25, 0.3) is 11.7 Å². The van der Waals surface area contributed by atoms with Crippen LogP contribution in [0.25, 0.3) is 0 Å². The number of ether oxygens (including phenoxy) is 1. The molecule has 1 aliphatic rings. The molecule has 0 saturated carbocycles. The minimum Gasteiger partial charge on any atom is -0.351 e. The number of amides is 1. The van der Waals surface area contributed by atoms with Gasteiger partial charge in [-0.05, 0) is 36.5 Å². The van der Waals surface area contributed by atoms with Crippen molar-refractivity contribution < 1.29 is 22.8 Å². The van der Waals surface area contributed by atoms with Gasteiger partial charge in [0.15, 0.2) is 0 Å². The van der Waals surface area contributed by atoms with Gasteiger partial charge in [0.1, 0.15) is 0 Å². The van der Waals surface area contributed by atoms with Gasteiger partial charge >= 0.3 is 0 Å². The molecule has 2 atom stereocenters. The van der Waals surface area contributed by atoms with Gasteiger partial charge in [-0.1, -0.05) is 26.0 Å². The molecule has 0 aliphatic carbocycles. The van der Waals surface area contributed by atoms with E-state index in [4.69, 9.17) is 14.7 Å². The summed E-state index contributed by atoms with van der Waals surface area (Å²) in [7, 11) is -2.25. The Balaban J connectivity index is 1.87. The highest BCUT2D eigenvalue weighted by Gasteiger charge is 2.47. The van der Waals surface area contributed by atoms with Crippen LogP contribution in [0, 0.1) is 5.92 Å². The Morgan fingerprint density at radius 2 is 2.08 bits per heavy atom. The van der Waals surface area contributed by atoms with Gasteiger partial charge in [0, 0.05) is 26.1 Å². The standard InChI is InChI=1S/C17H27N3O5S/c1-12(2)10-14-11-17(24-3,25-20-14)16(21)19-9-8-13-4-6-15(7-5-13)26(18,22)23/h4-7,12,14,20H,8-11H2,1-3H3,(H,19,21)(H2,18,22,23)/t14-,17+/m0/s1. The van der Waals surface area contributed by atoms with Crippen LogP contribution >= 0.6 is 0 Å². The number of hydrogen-bond acceptors (Lipinski definition) is 6. The number of hydroxylamine groups is 1. The lowest BCUT2D eigenvalue weighted by Gasteiger charge is -2.24. The molecule has 0 aromatic heterocycles. The number of benzene rings is 1. The summed E-state index contributed by atoms with van der Waals surface area (Å²) in [4.78, 5) is 18.0. The van der Waals surface area contributed by atoms with E-state index in [1.807, 2.05) is 0 Å². The molecule has 0 spiro atoms. The van der Waals surface area contributed by atoms with Crippen molar-refractivity contribution in [3.8, 4) is 0 Å². The zero-order valence-electron chi connectivity index (χ0n) is 15.3. The Hall–Kier alpha value is -1.52. The first-order chi connectivity index (χ1) is 12.2. The van der Waals surface area contributed by atoms with E-state index in [1.54, 1.807) is 12.1 Å². The molecule has 0 radical (unpaired) electrons. The zero-order valence-corrected chi connectivity index (χ0v) is 16.1. The number of hydrogen-bond donors (Lipinski definition) is 3. The summed E-state index contributed by atoms with van der Waals surface area (Å²) >= 11 is 0. The molecule has 9 heteroatoms. The quantitative estimate of drug-likeness (QED) is 0.605. The Morgan fingerprint density at radius 3 is 2.62 bits per heavy atom. The predicted molar refractivity (Wildman–Crippen MR) is 96.3 cm³/mol. The second-order valence-corrected chi connectivity index (χ2v) is 8.46. The normalized spacial score (nSPS) is 23.3. The van der Waals surface area contributed by atoms with E-state index >= 15 is 0 Å². The molecule has 146 valence electrons. The van der Waals surface area contributed by atoms with Crippen LogP contribution in [0.1, 0.15) is 32.3 Å². The Kier molecular flexibility index (Phi) is 6.75. The van der Waals surface area contributed by atoms with Gasteiger partial charge < -0.3 is 10.1 Å². The topological polar surface area (TPSA) is 120 Å². The summed E-state index contributed by atoms with van der Waals surface area (Å²) in [6.07, 6.45) is 1.87. The highest BCUT2D eigenvalue weighted by atomic mass is 32.2. The maximum Gasteiger partial charge on any atom is 0.282 e. The van der Waals surface area contributed by atoms with Crippen molar-refractivity contribution in [1.29, 1.82) is 0 Å². The lowest BCUT2D eigenvalue weighted by atomic mass is 9.98. The van der Waals surface area contributed by atoms with Gasteiger partial charge in [0.05, 0.1) is 4.90 Å². The van der Waals surface area contributed by atoms with Crippen molar-refractivity contribution in [1.82, 2.24) is 10.8 Å². The second-order valence-electron chi connectivity index (χ2n) is 6.90. The molecule has 0 bridgehead atoms. The van der Waals surface area contributed by atoms with E-state index in [0.717, 1.165) is 12.0 Å². The third-order valence-corrected chi connectivity index (χ3v) is 5.22. The number of nitrogens with two attached hydrogens (primary N) is 1. The first-order valence-corrected chi connectivity index (χ1v) is 10.1. The molecule has 26 heavy (non-hydrogen) atoms. The van der Waals surface area contributed by atoms with Crippen LogP contribution in [-0.2, 0) is 30.8 Å². The first-order valence-electron chi connectivity index (χ1n) is 8.55. The zero-order chi connectivity index (χ0) is 19.4. The molecular formula is C17H27N3O5S. The molecule has 1 aliphatic heterocycles. The maximum absolute atomic E-state index is 12.5. The average molecular weight is 385 g/mol. The minimum absolute atomic E-state index is 0.0604. The largest absolute Gasteiger partial charge is 0.351 e. The predicted octanol–water partition coefficient (Wildman–Crippen LogP) is 0.675. The number of primary sulfonamides is 1. The number of methoxy groups -OCH3 is 1. The van der Waals surface area contributed by atoms with Crippen molar-refractivity contribution in [2.45, 2.75) is 49.8 Å². The Morgan fingerprint density at radius 1 is 1.42 bits per heavy atom. The summed E-state index contributed by atoms with van der Waals surface area (Å²) < 4.78 is 27.8. The number of rotatable bonds is 8. The van der Waals surface area contributed by atoms with Crippen molar-refractivity contribution in [2.75, 3.05) is 13.7 Å². The van der Waals surface area contributed by atoms with Crippen molar-refractivity contribution in [3.05, 3.63) is 29.8 Å². The fourth-order valence-electron chi connectivity index (χ4n) is 2.94. The maximum atomic E-state index is 12.5. The van der Waals surface area contributed by atoms with Crippen LogP contribution in [0.2, 0.25) is 0 Å². The highest BCUT2D eigenvalue weighted by molar-refractivity contribution is 7.89. The summed E-state index contributed by atoms with van der Waals surface area (Å²) in [5, 5.41) is 7.88. The van der Waals surface area contributed by atoms with Gasteiger partial charge in [0.2, 0.25) is 10.0 Å². The molecular weight excluding hydrogens is 358 g/mol. The van der Waals surface area contributed by atoms with Crippen LogP contribution in [-0.4, -0.2) is 39.8 Å². The smallest absolute Gasteiger partial charge is 0.282 e. The second kappa shape index (κ2) is 8.45. The number of carbonyl (C=O) groups is 1. The monoisotopic (exact) mass is 385 g/mol. The number of nitrogens with one attached hydrogen (secondary N) is 2. The van der Waals surface area contributed by atoms with Crippen LogP contribution in [0.5, 0.6) is 0 Å². The van der Waals surface area contributed by atoms with Gasteiger partial charge in [-0.3, -0.25) is 9.63 Å². The van der Waals surface area contributed by atoms with E-state index < -0.39 is 15.8 Å². The number of carbonyl (C=O) groups excluding carboxylic acids is 1. The van der Waals surface area contributed by atoms with Crippen LogP contribution in [0.15, 0.2) is 29.2 Å². The van der Waals surface area contributed by atoms with Gasteiger partial charge in [-0.15, -0.1) is 0 Å². The van der Waals surface area contributed by atoms with Crippen LogP contribution in [0.3, 0.4) is 0 Å². The molecule has 4 N–H and O–H groups in total. The van der Waals surface area contributed by atoms with Gasteiger partial charge in [-0.25, -0.2) is 13.6 Å². The van der Waals surface area contributed by atoms with E-state index in [0.29, 0.717) is 25.3 Å². The van der Waals surface area contributed by atoms with Gasteiger partial charge in [-0.2, -0.15) is 5.48 Å². The molecule has 1 amide bonds. The van der Waals surface area contributed by atoms with Crippen molar-refractivity contribution >= 4 is 15.9 Å². The molecule has 1 fully saturated rings. The van der Waals surface area contributed by atoms with E-state index in [2.05, 4.69) is 24.6 Å². The van der Waals surface area contributed by atoms with E-state index in [1.165, 1.54) is 19.2 Å². The highest BCUT2D eigenvalue weighted by Crippen LogP contribution is 2.28. The fourth-order valence-corrected chi connectivity index (χ4v) is 3.46. The molecule has 1 aromatic rings. The lowest BCUT2D eigenvalue weighted by Crippen LogP contribution is -2.49. The van der Waals surface area contributed by atoms with Crippen molar-refractivity contribution in [3.63, 3.8) is 0 Å². The SMILES string of the molecule is CO[C@]1(C(=O)NCCc2ccc(S(N)(=O)=O)cc2)C[C@H](CC(C)C)NO1. The average Bonchev–Trinajstić information content (AvgIpc) is 2.98. The Bertz CT molecular complexity index is 720. The molecule has 8 nitrogen and oxygen atoms in total. The van der Waals surface area contributed by atoms with Crippen LogP contribution in [0.4, 0.5) is 0 Å². The van der Waals surface area contributed by atoms with Crippen molar-refractivity contribution in [2.24, 2.45) is 11.1 Å². The summed E-state index contributed by atoms with van der Waals surface area (Å²) in [5.41, 5.74) is 3.77. The lowest BCUT2D eigenvalue weighted by molar-refractivity contribution is -0.218. The first kappa shape index (κ1) is 20.8. The van der Waals surface area contributed by atoms with E-state index in [9.17, 15) is 13.2 Å². The third-order valence-electron chi connectivity index (χ3n) is 4.29. The fraction of sp³-hybridized carbons (Fsp3) is 0.588. The number of sulfonamides is 1. The Labute approximate surface area is 154 Å². The van der Waals surface area contributed by atoms with Crippen LogP contribution < -0.4 is 15.9 Å². The molecule has 0 unspecified atom stereocenters. The molecule has 1 aromatic carbocycles. The third kappa shape index (κ3) is 5.24. The summed E-state index contributed by atoms with van der Waals surface area (Å²) in [5.74, 6) is -1.18. The molecule has 1 heterocycles. The summed E-state index contributed by atoms with van der Waals surface area (Å²) in [6, 6.07) is 6.30. The van der Waals surface area contributed by atoms with E-state index in [-0.39, 0.29) is 16.8 Å². The minimum atomic E-state index is -3.70. The summed E-state index contributed by atoms with van der Waals surface area (Å²) in [6.45, 7) is 4.59. The molecule has 1 saturated heterocycles.